The first kappa shape index (κ1) is 23.2. The smallest absolute Gasteiger partial charge is 0.419 e. The molecule has 5 rings (SSSR count). The van der Waals surface area contributed by atoms with Crippen LogP contribution in [0.25, 0.3) is 21.9 Å². The van der Waals surface area contributed by atoms with Crippen LogP contribution in [0.2, 0.25) is 0 Å². The SMILES string of the molecule is Cn1c(=O)[nH]c2cc(C(=O)NCc3ccc(C(F)(F)F)c(OCc4ccc5[nH]ncc5c4)c3)ccc21. The van der Waals surface area contributed by atoms with Gasteiger partial charge in [-0.05, 0) is 53.6 Å². The third-order valence-electron chi connectivity index (χ3n) is 5.87. The highest BCUT2D eigenvalue weighted by molar-refractivity contribution is 5.97. The second-order valence-corrected chi connectivity index (χ2v) is 8.31. The Balaban J connectivity index is 1.32. The second kappa shape index (κ2) is 8.91. The van der Waals surface area contributed by atoms with Gasteiger partial charge < -0.3 is 15.0 Å². The molecule has 0 bridgehead atoms. The number of nitrogens with zero attached hydrogens (tertiary/aromatic N) is 2. The summed E-state index contributed by atoms with van der Waals surface area (Å²) in [5.41, 5.74) is 2.19. The molecule has 1 amide bonds. The number of hydrogen-bond donors (Lipinski definition) is 3. The Morgan fingerprint density at radius 1 is 1.06 bits per heavy atom. The number of amides is 1. The third kappa shape index (κ3) is 4.54. The summed E-state index contributed by atoms with van der Waals surface area (Å²) in [5.74, 6) is -0.762. The van der Waals surface area contributed by atoms with Gasteiger partial charge in [-0.25, -0.2) is 4.79 Å². The van der Waals surface area contributed by atoms with Gasteiger partial charge in [0.1, 0.15) is 12.4 Å². The molecule has 2 heterocycles. The molecule has 3 aromatic carbocycles. The van der Waals surface area contributed by atoms with Gasteiger partial charge in [-0.1, -0.05) is 12.1 Å². The average molecular weight is 495 g/mol. The van der Waals surface area contributed by atoms with Gasteiger partial charge in [0.05, 0.1) is 28.3 Å². The highest BCUT2D eigenvalue weighted by Crippen LogP contribution is 2.37. The number of carbonyl (C=O) groups excluding carboxylic acids is 1. The molecule has 0 aliphatic rings. The number of fused-ring (bicyclic) bond motifs is 2. The van der Waals surface area contributed by atoms with E-state index in [1.54, 1.807) is 49.6 Å². The Morgan fingerprint density at radius 2 is 1.86 bits per heavy atom. The minimum atomic E-state index is -4.60. The molecule has 0 aliphatic carbocycles. The van der Waals surface area contributed by atoms with Gasteiger partial charge in [-0.2, -0.15) is 18.3 Å². The Bertz CT molecular complexity index is 1650. The maximum Gasteiger partial charge on any atom is 0.419 e. The number of aromatic nitrogens is 4. The maximum absolute atomic E-state index is 13.6. The van der Waals surface area contributed by atoms with Crippen LogP contribution in [0.1, 0.15) is 27.0 Å². The van der Waals surface area contributed by atoms with E-state index in [1.807, 2.05) is 0 Å². The first-order valence-electron chi connectivity index (χ1n) is 10.9. The molecule has 0 saturated heterocycles. The number of benzene rings is 3. The van der Waals surface area contributed by atoms with Crippen LogP contribution in [0, 0.1) is 0 Å². The van der Waals surface area contributed by atoms with Gasteiger partial charge >= 0.3 is 11.9 Å². The molecule has 8 nitrogen and oxygen atoms in total. The quantitative estimate of drug-likeness (QED) is 0.327. The highest BCUT2D eigenvalue weighted by atomic mass is 19.4. The van der Waals surface area contributed by atoms with Crippen molar-refractivity contribution in [2.75, 3.05) is 0 Å². The van der Waals surface area contributed by atoms with Crippen molar-refractivity contribution < 1.29 is 22.7 Å². The van der Waals surface area contributed by atoms with E-state index in [0.29, 0.717) is 27.7 Å². The van der Waals surface area contributed by atoms with Crippen LogP contribution in [0.3, 0.4) is 0 Å². The fourth-order valence-corrected chi connectivity index (χ4v) is 3.94. The Labute approximate surface area is 201 Å². The Kier molecular flexibility index (Phi) is 5.75. The molecule has 0 spiro atoms. The third-order valence-corrected chi connectivity index (χ3v) is 5.87. The normalized spacial score (nSPS) is 11.8. The van der Waals surface area contributed by atoms with Crippen LogP contribution in [-0.2, 0) is 26.4 Å². The van der Waals surface area contributed by atoms with Crippen molar-refractivity contribution in [2.45, 2.75) is 19.3 Å². The topological polar surface area (TPSA) is 105 Å². The first-order valence-corrected chi connectivity index (χ1v) is 10.9. The van der Waals surface area contributed by atoms with Crippen molar-refractivity contribution in [3.63, 3.8) is 0 Å². The molecular formula is C25H20F3N5O3. The molecular weight excluding hydrogens is 475 g/mol. The molecule has 0 unspecified atom stereocenters. The van der Waals surface area contributed by atoms with E-state index >= 15 is 0 Å². The monoisotopic (exact) mass is 495 g/mol. The van der Waals surface area contributed by atoms with Crippen LogP contribution < -0.4 is 15.7 Å². The number of aryl methyl sites for hydroxylation is 1. The molecule has 2 aromatic heterocycles. The number of carbonyl (C=O) groups is 1. The molecule has 184 valence electrons. The zero-order valence-electron chi connectivity index (χ0n) is 18.9. The van der Waals surface area contributed by atoms with E-state index in [9.17, 15) is 22.8 Å². The van der Waals surface area contributed by atoms with E-state index < -0.39 is 17.6 Å². The minimum Gasteiger partial charge on any atom is -0.488 e. The second-order valence-electron chi connectivity index (χ2n) is 8.31. The van der Waals surface area contributed by atoms with Crippen LogP contribution in [0.5, 0.6) is 5.75 Å². The number of alkyl halides is 3. The Hall–Kier alpha value is -4.54. The lowest BCUT2D eigenvalue weighted by molar-refractivity contribution is -0.139. The van der Waals surface area contributed by atoms with Crippen LogP contribution >= 0.6 is 0 Å². The standard InChI is InChI=1S/C25H20F3N5O3/c1-33-21-7-4-16(10-20(21)31-24(33)35)23(34)29-11-14-2-5-18(25(26,27)28)22(9-14)36-13-15-3-6-19-17(8-15)12-30-32-19/h2-10,12H,11,13H2,1H3,(H,29,34)(H,30,32)(H,31,35). The molecule has 3 N–H and O–H groups in total. The van der Waals surface area contributed by atoms with Crippen molar-refractivity contribution >= 4 is 27.8 Å². The summed E-state index contributed by atoms with van der Waals surface area (Å²) < 4.78 is 47.7. The van der Waals surface area contributed by atoms with Gasteiger partial charge in [0, 0.05) is 24.5 Å². The molecule has 0 radical (unpaired) electrons. The number of H-pyrrole nitrogens is 2. The maximum atomic E-state index is 13.6. The number of imidazole rings is 1. The van der Waals surface area contributed by atoms with Crippen molar-refractivity contribution in [2.24, 2.45) is 7.05 Å². The molecule has 5 aromatic rings. The van der Waals surface area contributed by atoms with Crippen molar-refractivity contribution in [1.82, 2.24) is 25.1 Å². The largest absolute Gasteiger partial charge is 0.488 e. The van der Waals surface area contributed by atoms with E-state index in [0.717, 1.165) is 17.0 Å². The fourth-order valence-electron chi connectivity index (χ4n) is 3.94. The van der Waals surface area contributed by atoms with Crippen molar-refractivity contribution in [3.05, 3.63) is 93.5 Å². The summed E-state index contributed by atoms with van der Waals surface area (Å²) in [6, 6.07) is 13.6. The van der Waals surface area contributed by atoms with Crippen LogP contribution in [-0.4, -0.2) is 25.7 Å². The van der Waals surface area contributed by atoms with Gasteiger partial charge in [-0.3, -0.25) is 14.5 Å². The van der Waals surface area contributed by atoms with E-state index in [1.165, 1.54) is 16.7 Å². The molecule has 0 saturated carbocycles. The Morgan fingerprint density at radius 3 is 2.67 bits per heavy atom. The summed E-state index contributed by atoms with van der Waals surface area (Å²) in [7, 11) is 1.61. The molecule has 11 heteroatoms. The number of hydrogen-bond acceptors (Lipinski definition) is 4. The lowest BCUT2D eigenvalue weighted by Gasteiger charge is -2.16. The zero-order valence-corrected chi connectivity index (χ0v) is 18.9. The highest BCUT2D eigenvalue weighted by Gasteiger charge is 2.34. The summed E-state index contributed by atoms with van der Waals surface area (Å²) in [4.78, 5) is 27.0. The molecule has 0 aliphatic heterocycles. The molecule has 36 heavy (non-hydrogen) atoms. The van der Waals surface area contributed by atoms with E-state index in [2.05, 4.69) is 20.5 Å². The van der Waals surface area contributed by atoms with Gasteiger partial charge in [0.15, 0.2) is 0 Å². The zero-order chi connectivity index (χ0) is 25.4. The first-order chi connectivity index (χ1) is 17.2. The number of aromatic amines is 2. The van der Waals surface area contributed by atoms with Gasteiger partial charge in [0.25, 0.3) is 5.91 Å². The number of nitrogens with one attached hydrogen (secondary N) is 3. The molecule has 0 atom stereocenters. The number of ether oxygens (including phenoxy) is 1. The summed E-state index contributed by atoms with van der Waals surface area (Å²) >= 11 is 0. The summed E-state index contributed by atoms with van der Waals surface area (Å²) in [6.45, 7) is -0.0903. The van der Waals surface area contributed by atoms with Crippen molar-refractivity contribution in [3.8, 4) is 5.75 Å². The van der Waals surface area contributed by atoms with Crippen LogP contribution in [0.4, 0.5) is 13.2 Å². The van der Waals surface area contributed by atoms with Crippen molar-refractivity contribution in [1.29, 1.82) is 0 Å². The lowest BCUT2D eigenvalue weighted by atomic mass is 10.1. The molecule has 0 fully saturated rings. The van der Waals surface area contributed by atoms with E-state index in [4.69, 9.17) is 4.74 Å². The average Bonchev–Trinajstić information content (AvgIpc) is 3.43. The predicted octanol–water partition coefficient (Wildman–Crippen LogP) is 4.27. The fraction of sp³-hybridized carbons (Fsp3) is 0.160. The summed E-state index contributed by atoms with van der Waals surface area (Å²) in [5, 5.41) is 10.3. The van der Waals surface area contributed by atoms with Crippen LogP contribution in [0.15, 0.2) is 65.6 Å². The van der Waals surface area contributed by atoms with Gasteiger partial charge in [-0.15, -0.1) is 0 Å². The van der Waals surface area contributed by atoms with Gasteiger partial charge in [0.2, 0.25) is 0 Å². The van der Waals surface area contributed by atoms with E-state index in [-0.39, 0.29) is 24.6 Å². The summed E-state index contributed by atoms with van der Waals surface area (Å²) in [6.07, 6.45) is -2.98. The lowest BCUT2D eigenvalue weighted by Crippen LogP contribution is -2.23. The minimum absolute atomic E-state index is 0.0162. The predicted molar refractivity (Wildman–Crippen MR) is 127 cm³/mol. The number of rotatable bonds is 6. The number of halogens is 3.